The number of nitrogens with one attached hydrogen (secondary N) is 1. The van der Waals surface area contributed by atoms with Gasteiger partial charge < -0.3 is 10.2 Å². The molecule has 24 heavy (non-hydrogen) atoms. The van der Waals surface area contributed by atoms with Gasteiger partial charge in [-0.1, -0.05) is 11.6 Å². The zero-order valence-corrected chi connectivity index (χ0v) is 14.7. The number of halogens is 1. The first-order valence-electron chi connectivity index (χ1n) is 8.14. The number of carbonyl (C=O) groups excluding carboxylic acids is 1. The molecule has 0 radical (unpaired) electrons. The van der Waals surface area contributed by atoms with Gasteiger partial charge in [-0.3, -0.25) is 4.79 Å². The Hall–Kier alpha value is -2.14. The lowest BCUT2D eigenvalue weighted by molar-refractivity contribution is -0.120. The van der Waals surface area contributed by atoms with Crippen molar-refractivity contribution in [3.8, 4) is 0 Å². The number of anilines is 2. The van der Waals surface area contributed by atoms with Crippen LogP contribution in [0.5, 0.6) is 0 Å². The third-order valence-electron chi connectivity index (χ3n) is 4.30. The van der Waals surface area contributed by atoms with Crippen LogP contribution in [0.1, 0.15) is 24.1 Å². The molecule has 1 fully saturated rings. The van der Waals surface area contributed by atoms with E-state index in [2.05, 4.69) is 20.2 Å². The second-order valence-corrected chi connectivity index (χ2v) is 6.67. The van der Waals surface area contributed by atoms with Crippen LogP contribution >= 0.6 is 11.6 Å². The van der Waals surface area contributed by atoms with Crippen LogP contribution in [0.4, 0.5) is 11.6 Å². The van der Waals surface area contributed by atoms with Crippen molar-refractivity contribution in [1.82, 2.24) is 9.97 Å². The zero-order chi connectivity index (χ0) is 17.1. The van der Waals surface area contributed by atoms with Crippen LogP contribution in [-0.4, -0.2) is 29.0 Å². The monoisotopic (exact) mass is 344 g/mol. The lowest BCUT2D eigenvalue weighted by Crippen LogP contribution is -2.41. The van der Waals surface area contributed by atoms with Crippen molar-refractivity contribution in [1.29, 1.82) is 0 Å². The normalized spacial score (nSPS) is 17.6. The molecule has 0 spiro atoms. The minimum atomic E-state index is -0.0714. The van der Waals surface area contributed by atoms with E-state index < -0.39 is 0 Å². The third kappa shape index (κ3) is 3.85. The van der Waals surface area contributed by atoms with Crippen LogP contribution in [0.3, 0.4) is 0 Å². The molecule has 3 rings (SSSR count). The van der Waals surface area contributed by atoms with Crippen molar-refractivity contribution in [3.63, 3.8) is 0 Å². The predicted octanol–water partition coefficient (Wildman–Crippen LogP) is 3.60. The molecule has 0 bridgehead atoms. The molecule has 1 amide bonds. The third-order valence-corrected chi connectivity index (χ3v) is 4.54. The summed E-state index contributed by atoms with van der Waals surface area (Å²) in [5.74, 6) is 0.672. The van der Waals surface area contributed by atoms with E-state index in [-0.39, 0.29) is 11.8 Å². The van der Waals surface area contributed by atoms with Gasteiger partial charge in [-0.05, 0) is 56.5 Å². The summed E-state index contributed by atoms with van der Waals surface area (Å²) in [5.41, 5.74) is 2.71. The second kappa shape index (κ2) is 7.18. The molecule has 1 unspecified atom stereocenters. The standard InChI is InChI=1S/C18H21ClN4O/c1-12-10-15(19)5-6-16(12)22-17(24)14-4-3-9-23(11-14)18-20-8-7-13(2)21-18/h5-8,10,14H,3-4,9,11H2,1-2H3,(H,22,24). The van der Waals surface area contributed by atoms with Gasteiger partial charge in [-0.2, -0.15) is 0 Å². The van der Waals surface area contributed by atoms with Gasteiger partial charge in [0, 0.05) is 35.7 Å². The number of aryl methyl sites for hydroxylation is 2. The van der Waals surface area contributed by atoms with Gasteiger partial charge in [-0.25, -0.2) is 9.97 Å². The molecule has 0 saturated carbocycles. The summed E-state index contributed by atoms with van der Waals surface area (Å²) in [6.07, 6.45) is 3.59. The van der Waals surface area contributed by atoms with Crippen LogP contribution in [0.15, 0.2) is 30.5 Å². The van der Waals surface area contributed by atoms with Crippen LogP contribution in [-0.2, 0) is 4.79 Å². The van der Waals surface area contributed by atoms with Crippen LogP contribution < -0.4 is 10.2 Å². The summed E-state index contributed by atoms with van der Waals surface area (Å²) in [6.45, 7) is 5.41. The summed E-state index contributed by atoms with van der Waals surface area (Å²) in [4.78, 5) is 23.5. The van der Waals surface area contributed by atoms with Crippen molar-refractivity contribution < 1.29 is 4.79 Å². The maximum Gasteiger partial charge on any atom is 0.229 e. The topological polar surface area (TPSA) is 58.1 Å². The van der Waals surface area contributed by atoms with Gasteiger partial charge >= 0.3 is 0 Å². The maximum atomic E-state index is 12.6. The van der Waals surface area contributed by atoms with E-state index in [1.165, 1.54) is 0 Å². The van der Waals surface area contributed by atoms with Crippen molar-refractivity contribution in [3.05, 3.63) is 46.7 Å². The summed E-state index contributed by atoms with van der Waals surface area (Å²) in [7, 11) is 0. The number of nitrogens with zero attached hydrogens (tertiary/aromatic N) is 3. The number of rotatable bonds is 3. The Labute approximate surface area is 147 Å². The Morgan fingerprint density at radius 1 is 1.33 bits per heavy atom. The molecule has 1 saturated heterocycles. The van der Waals surface area contributed by atoms with Gasteiger partial charge in [0.2, 0.25) is 11.9 Å². The van der Waals surface area contributed by atoms with E-state index in [1.54, 1.807) is 12.3 Å². The van der Waals surface area contributed by atoms with Gasteiger partial charge in [0.1, 0.15) is 0 Å². The van der Waals surface area contributed by atoms with Crippen LogP contribution in [0, 0.1) is 19.8 Å². The van der Waals surface area contributed by atoms with Crippen molar-refractivity contribution in [2.45, 2.75) is 26.7 Å². The number of carbonyl (C=O) groups is 1. The fourth-order valence-electron chi connectivity index (χ4n) is 2.96. The minimum Gasteiger partial charge on any atom is -0.340 e. The fourth-order valence-corrected chi connectivity index (χ4v) is 3.19. The van der Waals surface area contributed by atoms with E-state index in [0.717, 1.165) is 36.3 Å². The molecular weight excluding hydrogens is 324 g/mol. The Morgan fingerprint density at radius 2 is 2.17 bits per heavy atom. The maximum absolute atomic E-state index is 12.6. The van der Waals surface area contributed by atoms with Crippen LogP contribution in [0.2, 0.25) is 5.02 Å². The van der Waals surface area contributed by atoms with Gasteiger partial charge in [0.25, 0.3) is 0 Å². The molecule has 2 aromatic rings. The Bertz CT molecular complexity index is 750. The molecule has 1 aliphatic rings. The molecular formula is C18H21ClN4O. The quantitative estimate of drug-likeness (QED) is 0.924. The first-order chi connectivity index (χ1) is 11.5. The smallest absolute Gasteiger partial charge is 0.229 e. The second-order valence-electron chi connectivity index (χ2n) is 6.23. The fraction of sp³-hybridized carbons (Fsp3) is 0.389. The molecule has 1 aromatic carbocycles. The number of benzene rings is 1. The van der Waals surface area contributed by atoms with E-state index >= 15 is 0 Å². The van der Waals surface area contributed by atoms with Crippen LogP contribution in [0.25, 0.3) is 0 Å². The summed E-state index contributed by atoms with van der Waals surface area (Å²) < 4.78 is 0. The first-order valence-corrected chi connectivity index (χ1v) is 8.52. The van der Waals surface area contributed by atoms with E-state index in [9.17, 15) is 4.79 Å². The first kappa shape index (κ1) is 16.7. The highest BCUT2D eigenvalue weighted by atomic mass is 35.5. The number of aromatic nitrogens is 2. The highest BCUT2D eigenvalue weighted by Crippen LogP contribution is 2.24. The largest absolute Gasteiger partial charge is 0.340 e. The highest BCUT2D eigenvalue weighted by Gasteiger charge is 2.27. The predicted molar refractivity (Wildman–Crippen MR) is 96.5 cm³/mol. The molecule has 0 aliphatic carbocycles. The lowest BCUT2D eigenvalue weighted by atomic mass is 9.97. The summed E-state index contributed by atoms with van der Waals surface area (Å²) in [6, 6.07) is 7.36. The molecule has 1 aliphatic heterocycles. The summed E-state index contributed by atoms with van der Waals surface area (Å²) in [5, 5.41) is 3.70. The summed E-state index contributed by atoms with van der Waals surface area (Å²) >= 11 is 5.97. The number of piperidine rings is 1. The van der Waals surface area contributed by atoms with Crippen molar-refractivity contribution in [2.75, 3.05) is 23.3 Å². The van der Waals surface area contributed by atoms with Gasteiger partial charge in [0.05, 0.1) is 5.92 Å². The molecule has 5 nitrogen and oxygen atoms in total. The number of hydrogen-bond donors (Lipinski definition) is 1. The average Bonchev–Trinajstić information content (AvgIpc) is 2.57. The number of hydrogen-bond acceptors (Lipinski definition) is 4. The molecule has 1 atom stereocenters. The Kier molecular flexibility index (Phi) is 5.00. The molecule has 126 valence electrons. The van der Waals surface area contributed by atoms with Gasteiger partial charge in [0.15, 0.2) is 0 Å². The van der Waals surface area contributed by atoms with E-state index in [1.807, 2.05) is 32.0 Å². The Morgan fingerprint density at radius 3 is 2.92 bits per heavy atom. The molecule has 1 aromatic heterocycles. The SMILES string of the molecule is Cc1ccnc(N2CCCC(C(=O)Nc3ccc(Cl)cc3C)C2)n1. The van der Waals surface area contributed by atoms with Crippen molar-refractivity contribution >= 4 is 29.1 Å². The molecule has 6 heteroatoms. The molecule has 2 heterocycles. The zero-order valence-electron chi connectivity index (χ0n) is 13.9. The highest BCUT2D eigenvalue weighted by molar-refractivity contribution is 6.30. The minimum absolute atomic E-state index is 0.0396. The van der Waals surface area contributed by atoms with Gasteiger partial charge in [-0.15, -0.1) is 0 Å². The average molecular weight is 345 g/mol. The van der Waals surface area contributed by atoms with E-state index in [0.29, 0.717) is 17.5 Å². The Balaban J connectivity index is 1.69. The lowest BCUT2D eigenvalue weighted by Gasteiger charge is -2.32. The van der Waals surface area contributed by atoms with Crippen molar-refractivity contribution in [2.24, 2.45) is 5.92 Å². The molecule has 1 N–H and O–H groups in total. The van der Waals surface area contributed by atoms with E-state index in [4.69, 9.17) is 11.6 Å². The number of amides is 1.